The molecule has 0 spiro atoms. The van der Waals surface area contributed by atoms with Gasteiger partial charge < -0.3 is 15.1 Å². The van der Waals surface area contributed by atoms with Crippen LogP contribution in [0.15, 0.2) is 29.2 Å². The average molecular weight is 562 g/mol. The lowest BCUT2D eigenvalue weighted by Gasteiger charge is -2.49. The Morgan fingerprint density at radius 2 is 1.76 bits per heavy atom. The Morgan fingerprint density at radius 3 is 2.32 bits per heavy atom. The molecule has 3 atom stereocenters. The van der Waals surface area contributed by atoms with Crippen molar-refractivity contribution in [1.82, 2.24) is 20.0 Å². The summed E-state index contributed by atoms with van der Waals surface area (Å²) in [4.78, 5) is 44.2. The van der Waals surface area contributed by atoms with E-state index >= 15 is 0 Å². The molecule has 204 valence electrons. The maximum Gasteiger partial charge on any atom is 0.244 e. The minimum atomic E-state index is -3.92. The van der Waals surface area contributed by atoms with Gasteiger partial charge in [-0.15, -0.1) is 0 Å². The molecule has 0 radical (unpaired) electrons. The Balaban J connectivity index is 1.36. The van der Waals surface area contributed by atoms with Crippen LogP contribution in [-0.4, -0.2) is 95.9 Å². The van der Waals surface area contributed by atoms with E-state index in [1.807, 2.05) is 0 Å². The Labute approximate surface area is 227 Å². The van der Waals surface area contributed by atoms with E-state index in [-0.39, 0.29) is 40.7 Å². The van der Waals surface area contributed by atoms with Crippen molar-refractivity contribution in [3.05, 3.63) is 29.3 Å². The van der Waals surface area contributed by atoms with Crippen LogP contribution in [0.5, 0.6) is 0 Å². The molecule has 12 heteroatoms. The summed E-state index contributed by atoms with van der Waals surface area (Å²) in [6.07, 6.45) is 3.17. The van der Waals surface area contributed by atoms with Gasteiger partial charge in [-0.05, 0) is 50.7 Å². The second-order valence-electron chi connectivity index (χ2n) is 10.8. The molecule has 5 rings (SSSR count). The molecule has 3 unspecified atom stereocenters. The molecule has 1 aromatic carbocycles. The number of nitriles is 1. The van der Waals surface area contributed by atoms with Crippen LogP contribution >= 0.6 is 11.6 Å². The number of hydrogen-bond acceptors (Lipinski definition) is 7. The highest BCUT2D eigenvalue weighted by Crippen LogP contribution is 2.37. The van der Waals surface area contributed by atoms with Crippen LogP contribution in [0.4, 0.5) is 0 Å². The zero-order chi connectivity index (χ0) is 27.2. The summed E-state index contributed by atoms with van der Waals surface area (Å²) >= 11 is 6.21. The lowest BCUT2D eigenvalue weighted by Crippen LogP contribution is -2.63. The van der Waals surface area contributed by atoms with Crippen molar-refractivity contribution >= 4 is 39.2 Å². The molecule has 10 nitrogen and oxygen atoms in total. The summed E-state index contributed by atoms with van der Waals surface area (Å²) in [7, 11) is -3.92. The first-order chi connectivity index (χ1) is 18.1. The zero-order valence-electron chi connectivity index (χ0n) is 21.3. The summed E-state index contributed by atoms with van der Waals surface area (Å²) in [6.45, 7) is 3.46. The van der Waals surface area contributed by atoms with Crippen molar-refractivity contribution in [3.8, 4) is 6.07 Å². The SMILES string of the molecule is CC(=O)N1CCC(N2CCC2C(=O)N2CC(S(=O)(=O)c3ccccc3Cl)CC2C(=O)NC2(C#N)CC2)CC1. The fourth-order valence-electron chi connectivity index (χ4n) is 5.89. The summed E-state index contributed by atoms with van der Waals surface area (Å²) in [5.74, 6) is -0.707. The standard InChI is InChI=1S/C26H32ClN5O5S/c1-17(33)30-11-6-18(7-12-30)31-13-8-21(31)25(35)32-15-19(38(36,37)23-5-3-2-4-20(23)27)14-22(32)24(34)29-26(16-28)9-10-26/h2-5,18-19,21-22H,6-15H2,1H3,(H,29,34). The molecule has 38 heavy (non-hydrogen) atoms. The lowest BCUT2D eigenvalue weighted by molar-refractivity contribution is -0.149. The maximum absolute atomic E-state index is 13.8. The first kappa shape index (κ1) is 26.9. The van der Waals surface area contributed by atoms with E-state index in [0.29, 0.717) is 32.4 Å². The van der Waals surface area contributed by atoms with E-state index in [4.69, 9.17) is 11.6 Å². The number of hydrogen-bond donors (Lipinski definition) is 1. The van der Waals surface area contributed by atoms with Gasteiger partial charge in [-0.3, -0.25) is 19.3 Å². The van der Waals surface area contributed by atoms with E-state index < -0.39 is 38.6 Å². The Bertz CT molecular complexity index is 1280. The third-order valence-corrected chi connectivity index (χ3v) is 11.1. The molecule has 1 N–H and O–H groups in total. The fourth-order valence-corrected chi connectivity index (χ4v) is 8.11. The molecule has 1 aliphatic carbocycles. The topological polar surface area (TPSA) is 131 Å². The number of rotatable bonds is 6. The van der Waals surface area contributed by atoms with E-state index in [0.717, 1.165) is 19.4 Å². The lowest BCUT2D eigenvalue weighted by atomic mass is 9.93. The molecular formula is C26H32ClN5O5S. The van der Waals surface area contributed by atoms with Crippen LogP contribution in [0.1, 0.15) is 45.4 Å². The van der Waals surface area contributed by atoms with Gasteiger partial charge in [0, 0.05) is 39.1 Å². The quantitative estimate of drug-likeness (QED) is 0.554. The van der Waals surface area contributed by atoms with Crippen molar-refractivity contribution in [2.45, 2.75) is 79.3 Å². The first-order valence-electron chi connectivity index (χ1n) is 13.1. The minimum absolute atomic E-state index is 0.0155. The Kier molecular flexibility index (Phi) is 7.18. The first-order valence-corrected chi connectivity index (χ1v) is 15.0. The van der Waals surface area contributed by atoms with E-state index in [1.165, 1.54) is 17.0 Å². The number of nitrogens with zero attached hydrogens (tertiary/aromatic N) is 4. The van der Waals surface area contributed by atoms with Gasteiger partial charge in [0.1, 0.15) is 11.6 Å². The van der Waals surface area contributed by atoms with Crippen molar-refractivity contribution in [2.75, 3.05) is 26.2 Å². The molecule has 0 aromatic heterocycles. The Hall–Kier alpha value is -2.68. The van der Waals surface area contributed by atoms with Gasteiger partial charge in [-0.1, -0.05) is 23.7 Å². The van der Waals surface area contributed by atoms with Crippen molar-refractivity contribution in [3.63, 3.8) is 0 Å². The van der Waals surface area contributed by atoms with Crippen LogP contribution < -0.4 is 5.32 Å². The molecule has 3 heterocycles. The van der Waals surface area contributed by atoms with Crippen molar-refractivity contribution in [2.24, 2.45) is 0 Å². The molecular weight excluding hydrogens is 530 g/mol. The van der Waals surface area contributed by atoms with Crippen LogP contribution in [0.3, 0.4) is 0 Å². The number of likely N-dealkylation sites (tertiary alicyclic amines) is 3. The Morgan fingerprint density at radius 1 is 1.08 bits per heavy atom. The van der Waals surface area contributed by atoms with Crippen molar-refractivity contribution in [1.29, 1.82) is 5.26 Å². The highest BCUT2D eigenvalue weighted by molar-refractivity contribution is 7.92. The normalized spacial score (nSPS) is 27.3. The molecule has 0 bridgehead atoms. The van der Waals surface area contributed by atoms with Crippen LogP contribution in [-0.2, 0) is 24.2 Å². The summed E-state index contributed by atoms with van der Waals surface area (Å²) in [5, 5.41) is 11.3. The van der Waals surface area contributed by atoms with Gasteiger partial charge in [0.25, 0.3) is 0 Å². The predicted octanol–water partition coefficient (Wildman–Crippen LogP) is 1.34. The number of benzene rings is 1. The fraction of sp³-hybridized carbons (Fsp3) is 0.615. The van der Waals surface area contributed by atoms with Crippen molar-refractivity contribution < 1.29 is 22.8 Å². The average Bonchev–Trinajstić information content (AvgIpc) is 3.48. The molecule has 4 fully saturated rings. The number of sulfone groups is 1. The van der Waals surface area contributed by atoms with Gasteiger partial charge in [0.15, 0.2) is 9.84 Å². The largest absolute Gasteiger partial charge is 0.343 e. The van der Waals surface area contributed by atoms with Gasteiger partial charge in [0.2, 0.25) is 17.7 Å². The highest BCUT2D eigenvalue weighted by Gasteiger charge is 2.52. The van der Waals surface area contributed by atoms with Gasteiger partial charge in [-0.25, -0.2) is 8.42 Å². The zero-order valence-corrected chi connectivity index (χ0v) is 22.9. The molecule has 1 saturated carbocycles. The highest BCUT2D eigenvalue weighted by atomic mass is 35.5. The smallest absolute Gasteiger partial charge is 0.244 e. The van der Waals surface area contributed by atoms with E-state index in [2.05, 4.69) is 16.3 Å². The van der Waals surface area contributed by atoms with Crippen LogP contribution in [0, 0.1) is 11.3 Å². The molecule has 3 amide bonds. The third-order valence-electron chi connectivity index (χ3n) is 8.48. The van der Waals surface area contributed by atoms with E-state index in [9.17, 15) is 28.1 Å². The monoisotopic (exact) mass is 561 g/mol. The number of carbonyl (C=O) groups excluding carboxylic acids is 3. The second-order valence-corrected chi connectivity index (χ2v) is 13.4. The number of halogens is 1. The number of amides is 3. The number of nitrogens with one attached hydrogen (secondary N) is 1. The molecule has 4 aliphatic rings. The van der Waals surface area contributed by atoms with Crippen LogP contribution in [0.2, 0.25) is 5.02 Å². The molecule has 1 aromatic rings. The summed E-state index contributed by atoms with van der Waals surface area (Å²) < 4.78 is 27.1. The van der Waals surface area contributed by atoms with Gasteiger partial charge in [-0.2, -0.15) is 5.26 Å². The number of carbonyl (C=O) groups is 3. The number of piperidine rings is 1. The van der Waals surface area contributed by atoms with Gasteiger partial charge in [0.05, 0.1) is 27.3 Å². The predicted molar refractivity (Wildman–Crippen MR) is 139 cm³/mol. The maximum atomic E-state index is 13.8. The van der Waals surface area contributed by atoms with Gasteiger partial charge >= 0.3 is 0 Å². The van der Waals surface area contributed by atoms with E-state index in [1.54, 1.807) is 24.0 Å². The third kappa shape index (κ3) is 4.90. The summed E-state index contributed by atoms with van der Waals surface area (Å²) in [6, 6.07) is 7.03. The summed E-state index contributed by atoms with van der Waals surface area (Å²) in [5.41, 5.74) is -0.932. The van der Waals surface area contributed by atoms with Crippen LogP contribution in [0.25, 0.3) is 0 Å². The second kappa shape index (κ2) is 10.1. The molecule has 3 aliphatic heterocycles. The molecule has 3 saturated heterocycles. The minimum Gasteiger partial charge on any atom is -0.343 e.